The van der Waals surface area contributed by atoms with E-state index in [1.54, 1.807) is 7.11 Å². The average molecular weight is 266 g/mol. The summed E-state index contributed by atoms with van der Waals surface area (Å²) in [7, 11) is 1.69. The van der Waals surface area contributed by atoms with Crippen LogP contribution in [0.1, 0.15) is 42.4 Å². The summed E-state index contributed by atoms with van der Waals surface area (Å²) in [6.45, 7) is 1.91. The highest BCUT2D eigenvalue weighted by Crippen LogP contribution is 2.34. The Bertz CT molecular complexity index is 700. The summed E-state index contributed by atoms with van der Waals surface area (Å²) in [5.74, 6) is 0.650. The standard InChI is InChI=1S/C17H18N2O/c1-11(10-18)12-7-8-14-13-5-3-4-6-15(13)17(20-2)19-16(14)9-12/h7-9,11H,3-6H2,1-2H3. The van der Waals surface area contributed by atoms with E-state index < -0.39 is 0 Å². The van der Waals surface area contributed by atoms with Crippen molar-refractivity contribution in [2.75, 3.05) is 7.11 Å². The third kappa shape index (κ3) is 2.02. The van der Waals surface area contributed by atoms with Crippen molar-refractivity contribution < 1.29 is 4.74 Å². The van der Waals surface area contributed by atoms with Crippen molar-refractivity contribution in [1.82, 2.24) is 4.98 Å². The van der Waals surface area contributed by atoms with Crippen molar-refractivity contribution in [3.05, 3.63) is 34.9 Å². The van der Waals surface area contributed by atoms with Gasteiger partial charge >= 0.3 is 0 Å². The van der Waals surface area contributed by atoms with Crippen LogP contribution in [0.2, 0.25) is 0 Å². The largest absolute Gasteiger partial charge is 0.481 e. The Morgan fingerprint density at radius 3 is 2.70 bits per heavy atom. The molecular weight excluding hydrogens is 248 g/mol. The van der Waals surface area contributed by atoms with Gasteiger partial charge in [-0.25, -0.2) is 4.98 Å². The highest BCUT2D eigenvalue weighted by atomic mass is 16.5. The van der Waals surface area contributed by atoms with Gasteiger partial charge in [0.15, 0.2) is 0 Å². The van der Waals surface area contributed by atoms with Gasteiger partial charge in [-0.3, -0.25) is 0 Å². The van der Waals surface area contributed by atoms with Crippen molar-refractivity contribution >= 4 is 10.9 Å². The van der Waals surface area contributed by atoms with Crippen molar-refractivity contribution in [3.8, 4) is 11.9 Å². The first kappa shape index (κ1) is 12.9. The summed E-state index contributed by atoms with van der Waals surface area (Å²) < 4.78 is 5.47. The van der Waals surface area contributed by atoms with E-state index in [1.807, 2.05) is 13.0 Å². The molecule has 0 spiro atoms. The molecule has 0 saturated carbocycles. The molecule has 0 radical (unpaired) electrons. The van der Waals surface area contributed by atoms with E-state index in [4.69, 9.17) is 10.00 Å². The van der Waals surface area contributed by atoms with Gasteiger partial charge in [0, 0.05) is 10.9 Å². The lowest BCUT2D eigenvalue weighted by atomic mass is 9.88. The number of pyridine rings is 1. The number of ether oxygens (including phenoxy) is 1. The average Bonchev–Trinajstić information content (AvgIpc) is 2.52. The molecule has 1 aliphatic carbocycles. The van der Waals surface area contributed by atoms with Crippen molar-refractivity contribution in [1.29, 1.82) is 5.26 Å². The van der Waals surface area contributed by atoms with Gasteiger partial charge in [0.1, 0.15) is 0 Å². The number of hydrogen-bond donors (Lipinski definition) is 0. The predicted molar refractivity (Wildman–Crippen MR) is 79.0 cm³/mol. The van der Waals surface area contributed by atoms with Crippen molar-refractivity contribution in [2.45, 2.75) is 38.5 Å². The number of benzene rings is 1. The van der Waals surface area contributed by atoms with E-state index in [2.05, 4.69) is 23.2 Å². The summed E-state index contributed by atoms with van der Waals surface area (Å²) in [5.41, 5.74) is 4.62. The molecule has 1 heterocycles. The number of nitriles is 1. The fourth-order valence-electron chi connectivity index (χ4n) is 3.02. The van der Waals surface area contributed by atoms with Crippen LogP contribution in [0.25, 0.3) is 10.9 Å². The van der Waals surface area contributed by atoms with Crippen LogP contribution >= 0.6 is 0 Å². The van der Waals surface area contributed by atoms with Crippen LogP contribution in [0, 0.1) is 11.3 Å². The molecule has 3 rings (SSSR count). The number of hydrogen-bond acceptors (Lipinski definition) is 3. The van der Waals surface area contributed by atoms with Gasteiger partial charge in [-0.15, -0.1) is 0 Å². The van der Waals surface area contributed by atoms with Gasteiger partial charge in [0.25, 0.3) is 0 Å². The minimum Gasteiger partial charge on any atom is -0.481 e. The number of methoxy groups -OCH3 is 1. The molecule has 1 aliphatic rings. The van der Waals surface area contributed by atoms with Crippen LogP contribution in [-0.4, -0.2) is 12.1 Å². The van der Waals surface area contributed by atoms with E-state index in [0.29, 0.717) is 0 Å². The lowest BCUT2D eigenvalue weighted by Crippen LogP contribution is -2.08. The van der Waals surface area contributed by atoms with E-state index in [0.717, 1.165) is 29.8 Å². The minimum atomic E-state index is -0.108. The maximum atomic E-state index is 9.06. The first-order chi connectivity index (χ1) is 9.74. The molecule has 102 valence electrons. The van der Waals surface area contributed by atoms with E-state index in [1.165, 1.54) is 29.4 Å². The Hall–Kier alpha value is -2.08. The van der Waals surface area contributed by atoms with E-state index >= 15 is 0 Å². The van der Waals surface area contributed by atoms with Crippen LogP contribution in [0.5, 0.6) is 5.88 Å². The molecule has 0 saturated heterocycles. The van der Waals surface area contributed by atoms with Crippen molar-refractivity contribution in [2.24, 2.45) is 0 Å². The van der Waals surface area contributed by atoms with Crippen LogP contribution in [0.15, 0.2) is 18.2 Å². The smallest absolute Gasteiger partial charge is 0.217 e. The fourth-order valence-corrected chi connectivity index (χ4v) is 3.02. The second-order valence-corrected chi connectivity index (χ2v) is 5.41. The highest BCUT2D eigenvalue weighted by Gasteiger charge is 2.19. The van der Waals surface area contributed by atoms with Crippen LogP contribution in [-0.2, 0) is 12.8 Å². The molecule has 2 aromatic rings. The molecule has 3 nitrogen and oxygen atoms in total. The van der Waals surface area contributed by atoms with Crippen molar-refractivity contribution in [3.63, 3.8) is 0 Å². The van der Waals surface area contributed by atoms with Gasteiger partial charge in [0.05, 0.1) is 24.6 Å². The lowest BCUT2D eigenvalue weighted by Gasteiger charge is -2.20. The quantitative estimate of drug-likeness (QED) is 0.831. The second kappa shape index (κ2) is 5.13. The molecular formula is C17H18N2O. The van der Waals surface area contributed by atoms with Crippen LogP contribution < -0.4 is 4.74 Å². The van der Waals surface area contributed by atoms with Crippen LogP contribution in [0.3, 0.4) is 0 Å². The Morgan fingerprint density at radius 1 is 1.25 bits per heavy atom. The molecule has 0 fully saturated rings. The van der Waals surface area contributed by atoms with Gasteiger partial charge in [0.2, 0.25) is 5.88 Å². The second-order valence-electron chi connectivity index (χ2n) is 5.41. The Labute approximate surface area is 119 Å². The number of rotatable bonds is 2. The monoisotopic (exact) mass is 266 g/mol. The number of aromatic nitrogens is 1. The topological polar surface area (TPSA) is 45.9 Å². The third-order valence-corrected chi connectivity index (χ3v) is 4.18. The summed E-state index contributed by atoms with van der Waals surface area (Å²) in [6.07, 6.45) is 4.58. The molecule has 0 bridgehead atoms. The zero-order valence-corrected chi connectivity index (χ0v) is 11.9. The van der Waals surface area contributed by atoms with Gasteiger partial charge in [-0.05, 0) is 49.8 Å². The first-order valence-electron chi connectivity index (χ1n) is 7.13. The summed E-state index contributed by atoms with van der Waals surface area (Å²) in [4.78, 5) is 4.65. The Balaban J connectivity index is 2.24. The van der Waals surface area contributed by atoms with E-state index in [9.17, 15) is 0 Å². The molecule has 1 unspecified atom stereocenters. The molecule has 0 N–H and O–H groups in total. The van der Waals surface area contributed by atoms with Crippen LogP contribution in [0.4, 0.5) is 0 Å². The molecule has 1 aromatic heterocycles. The summed E-state index contributed by atoms with van der Waals surface area (Å²) in [6, 6.07) is 8.48. The van der Waals surface area contributed by atoms with Gasteiger partial charge in [-0.1, -0.05) is 12.1 Å². The predicted octanol–water partition coefficient (Wildman–Crippen LogP) is 3.75. The first-order valence-corrected chi connectivity index (χ1v) is 7.13. The summed E-state index contributed by atoms with van der Waals surface area (Å²) >= 11 is 0. The molecule has 0 amide bonds. The SMILES string of the molecule is COc1nc2cc(C(C)C#N)ccc2c2c1CCCC2. The molecule has 1 aromatic carbocycles. The lowest BCUT2D eigenvalue weighted by molar-refractivity contribution is 0.391. The Kier molecular flexibility index (Phi) is 3.31. The number of aryl methyl sites for hydroxylation is 1. The molecule has 1 atom stereocenters. The molecule has 20 heavy (non-hydrogen) atoms. The minimum absolute atomic E-state index is 0.108. The zero-order chi connectivity index (χ0) is 14.1. The van der Waals surface area contributed by atoms with Gasteiger partial charge in [-0.2, -0.15) is 5.26 Å². The Morgan fingerprint density at radius 2 is 2.00 bits per heavy atom. The number of nitrogens with zero attached hydrogens (tertiary/aromatic N) is 2. The zero-order valence-electron chi connectivity index (χ0n) is 11.9. The maximum absolute atomic E-state index is 9.06. The number of fused-ring (bicyclic) bond motifs is 3. The molecule has 0 aliphatic heterocycles. The third-order valence-electron chi connectivity index (χ3n) is 4.18. The summed E-state index contributed by atoms with van der Waals surface area (Å²) in [5, 5.41) is 10.3. The molecule has 3 heteroatoms. The van der Waals surface area contributed by atoms with Gasteiger partial charge < -0.3 is 4.74 Å². The van der Waals surface area contributed by atoms with E-state index in [-0.39, 0.29) is 5.92 Å². The normalized spacial score (nSPS) is 15.4. The highest BCUT2D eigenvalue weighted by molar-refractivity contribution is 5.85. The maximum Gasteiger partial charge on any atom is 0.217 e. The fraction of sp³-hybridized carbons (Fsp3) is 0.412.